The lowest BCUT2D eigenvalue weighted by atomic mass is 9.94. The zero-order valence-electron chi connectivity index (χ0n) is 20.8. The van der Waals surface area contributed by atoms with Gasteiger partial charge in [-0.2, -0.15) is 10.1 Å². The number of aryl methyl sites for hydroxylation is 1. The van der Waals surface area contributed by atoms with Gasteiger partial charge < -0.3 is 20.1 Å². The van der Waals surface area contributed by atoms with E-state index in [1.165, 1.54) is 19.2 Å². The van der Waals surface area contributed by atoms with E-state index in [1.807, 2.05) is 56.3 Å². The molecule has 8 heteroatoms. The zero-order chi connectivity index (χ0) is 24.8. The maximum atomic E-state index is 13.5. The number of nitrogens with one attached hydrogen (secondary N) is 2. The third kappa shape index (κ3) is 5.48. The Balaban J connectivity index is 1.63. The summed E-state index contributed by atoms with van der Waals surface area (Å²) >= 11 is 0. The molecule has 1 aromatic heterocycles. The number of unbranched alkanes of at least 4 members (excludes halogenated alkanes) is 3. The molecule has 0 saturated heterocycles. The molecular formula is C27H33N5O3. The van der Waals surface area contributed by atoms with Crippen LogP contribution < -0.4 is 20.1 Å². The van der Waals surface area contributed by atoms with E-state index in [0.717, 1.165) is 35.4 Å². The second kappa shape index (κ2) is 11.1. The second-order valence-electron chi connectivity index (χ2n) is 8.73. The van der Waals surface area contributed by atoms with Gasteiger partial charge in [-0.1, -0.05) is 49.9 Å². The van der Waals surface area contributed by atoms with Crippen molar-refractivity contribution >= 4 is 17.5 Å². The SMILES string of the molecule is CCCCCCOc1ccc(C2C(C(=O)Nc3ccc(C)cc3)=C(C)Nc3ncnn32)cc1OC. The van der Waals surface area contributed by atoms with Crippen LogP contribution in [0.2, 0.25) is 0 Å². The summed E-state index contributed by atoms with van der Waals surface area (Å²) in [6, 6.07) is 13.0. The molecule has 0 saturated carbocycles. The topological polar surface area (TPSA) is 90.3 Å². The number of carbonyl (C=O) groups excluding carboxylic acids is 1. The summed E-state index contributed by atoms with van der Waals surface area (Å²) in [5, 5.41) is 10.6. The molecule has 0 bridgehead atoms. The van der Waals surface area contributed by atoms with Crippen LogP contribution in [0.15, 0.2) is 60.1 Å². The molecule has 1 amide bonds. The van der Waals surface area contributed by atoms with Gasteiger partial charge in [-0.3, -0.25) is 4.79 Å². The van der Waals surface area contributed by atoms with E-state index in [9.17, 15) is 4.79 Å². The lowest BCUT2D eigenvalue weighted by Crippen LogP contribution is -2.31. The van der Waals surface area contributed by atoms with Gasteiger partial charge in [0.2, 0.25) is 5.95 Å². The summed E-state index contributed by atoms with van der Waals surface area (Å²) in [4.78, 5) is 17.8. The van der Waals surface area contributed by atoms with Crippen molar-refractivity contribution in [2.24, 2.45) is 0 Å². The number of amides is 1. The lowest BCUT2D eigenvalue weighted by molar-refractivity contribution is -0.113. The third-order valence-electron chi connectivity index (χ3n) is 6.11. The van der Waals surface area contributed by atoms with Crippen molar-refractivity contribution < 1.29 is 14.3 Å². The van der Waals surface area contributed by atoms with Crippen LogP contribution in [0.4, 0.5) is 11.6 Å². The van der Waals surface area contributed by atoms with Crippen LogP contribution in [-0.2, 0) is 4.79 Å². The summed E-state index contributed by atoms with van der Waals surface area (Å²) in [6.45, 7) is 6.71. The first-order valence-corrected chi connectivity index (χ1v) is 12.1. The second-order valence-corrected chi connectivity index (χ2v) is 8.73. The van der Waals surface area contributed by atoms with Gasteiger partial charge in [-0.25, -0.2) is 4.68 Å². The minimum atomic E-state index is -0.480. The molecule has 1 atom stereocenters. The van der Waals surface area contributed by atoms with Crippen molar-refractivity contribution in [3.63, 3.8) is 0 Å². The Kier molecular flexibility index (Phi) is 7.70. The summed E-state index contributed by atoms with van der Waals surface area (Å²) in [6.07, 6.45) is 6.01. The minimum absolute atomic E-state index is 0.208. The number of benzene rings is 2. The number of methoxy groups -OCH3 is 1. The number of hydrogen-bond acceptors (Lipinski definition) is 6. The van der Waals surface area contributed by atoms with Crippen LogP contribution >= 0.6 is 0 Å². The van der Waals surface area contributed by atoms with Crippen molar-refractivity contribution in [1.82, 2.24) is 14.8 Å². The summed E-state index contributed by atoms with van der Waals surface area (Å²) in [7, 11) is 1.62. The molecule has 0 spiro atoms. The average molecular weight is 476 g/mol. The number of rotatable bonds is 10. The number of allylic oxidation sites excluding steroid dienone is 1. The molecule has 0 radical (unpaired) electrons. The van der Waals surface area contributed by atoms with Gasteiger partial charge in [0.15, 0.2) is 11.5 Å². The molecule has 1 unspecified atom stereocenters. The van der Waals surface area contributed by atoms with Gasteiger partial charge in [0.25, 0.3) is 5.91 Å². The van der Waals surface area contributed by atoms with Gasteiger partial charge in [-0.15, -0.1) is 0 Å². The summed E-state index contributed by atoms with van der Waals surface area (Å²) in [5.74, 6) is 1.68. The largest absolute Gasteiger partial charge is 0.493 e. The van der Waals surface area contributed by atoms with Crippen molar-refractivity contribution in [2.45, 2.75) is 52.5 Å². The van der Waals surface area contributed by atoms with E-state index in [1.54, 1.807) is 11.8 Å². The molecule has 35 heavy (non-hydrogen) atoms. The normalized spacial score (nSPS) is 14.8. The fourth-order valence-corrected chi connectivity index (χ4v) is 4.21. The molecule has 2 aromatic carbocycles. The highest BCUT2D eigenvalue weighted by Gasteiger charge is 2.34. The number of nitrogens with zero attached hydrogens (tertiary/aromatic N) is 3. The fraction of sp³-hybridized carbons (Fsp3) is 0.370. The van der Waals surface area contributed by atoms with Crippen molar-refractivity contribution in [2.75, 3.05) is 24.4 Å². The van der Waals surface area contributed by atoms with Gasteiger partial charge in [0.05, 0.1) is 19.3 Å². The molecule has 3 aromatic rings. The van der Waals surface area contributed by atoms with Crippen molar-refractivity contribution in [1.29, 1.82) is 0 Å². The Bertz CT molecular complexity index is 1200. The van der Waals surface area contributed by atoms with Crippen LogP contribution in [0.1, 0.15) is 56.7 Å². The molecule has 1 aliphatic heterocycles. The Hall–Kier alpha value is -3.81. The molecular weight excluding hydrogens is 442 g/mol. The Morgan fingerprint density at radius 2 is 1.89 bits per heavy atom. The smallest absolute Gasteiger partial charge is 0.255 e. The van der Waals surface area contributed by atoms with E-state index in [4.69, 9.17) is 9.47 Å². The lowest BCUT2D eigenvalue weighted by Gasteiger charge is -2.29. The average Bonchev–Trinajstić information content (AvgIpc) is 3.32. The zero-order valence-corrected chi connectivity index (χ0v) is 20.8. The van der Waals surface area contributed by atoms with Crippen LogP contribution in [0.25, 0.3) is 0 Å². The quantitative estimate of drug-likeness (QED) is 0.377. The maximum Gasteiger partial charge on any atom is 0.255 e. The number of ether oxygens (including phenoxy) is 2. The summed E-state index contributed by atoms with van der Waals surface area (Å²) in [5.41, 5.74) is 3.98. The molecule has 0 fully saturated rings. The monoisotopic (exact) mass is 475 g/mol. The van der Waals surface area contributed by atoms with E-state index >= 15 is 0 Å². The van der Waals surface area contributed by atoms with Crippen molar-refractivity contribution in [3.8, 4) is 11.5 Å². The van der Waals surface area contributed by atoms with E-state index in [0.29, 0.717) is 29.6 Å². The first kappa shape index (κ1) is 24.3. The van der Waals surface area contributed by atoms with Crippen LogP contribution in [-0.4, -0.2) is 34.4 Å². The Morgan fingerprint density at radius 1 is 1.09 bits per heavy atom. The first-order valence-electron chi connectivity index (χ1n) is 12.1. The number of fused-ring (bicyclic) bond motifs is 1. The van der Waals surface area contributed by atoms with Gasteiger partial charge in [0, 0.05) is 11.4 Å². The maximum absolute atomic E-state index is 13.5. The third-order valence-corrected chi connectivity index (χ3v) is 6.11. The minimum Gasteiger partial charge on any atom is -0.493 e. The van der Waals surface area contributed by atoms with Gasteiger partial charge >= 0.3 is 0 Å². The van der Waals surface area contributed by atoms with Crippen LogP contribution in [0.3, 0.4) is 0 Å². The standard InChI is InChI=1S/C27H33N5O3/c1-5-6-7-8-15-35-22-14-11-20(16-23(22)34-4)25-24(19(3)30-27-28-17-29-32(25)27)26(33)31-21-12-9-18(2)10-13-21/h9-14,16-17,25H,5-8,15H2,1-4H3,(H,31,33)(H,28,29,30). The number of carbonyl (C=O) groups is 1. The Labute approximate surface area is 206 Å². The predicted molar refractivity (Wildman–Crippen MR) is 137 cm³/mol. The van der Waals surface area contributed by atoms with E-state index in [2.05, 4.69) is 27.6 Å². The highest BCUT2D eigenvalue weighted by Crippen LogP contribution is 2.39. The van der Waals surface area contributed by atoms with E-state index < -0.39 is 6.04 Å². The predicted octanol–water partition coefficient (Wildman–Crippen LogP) is 5.48. The molecule has 0 aliphatic carbocycles. The van der Waals surface area contributed by atoms with Gasteiger partial charge in [0.1, 0.15) is 12.4 Å². The first-order chi connectivity index (χ1) is 17.0. The van der Waals surface area contributed by atoms with Crippen LogP contribution in [0.5, 0.6) is 11.5 Å². The Morgan fingerprint density at radius 3 is 2.63 bits per heavy atom. The highest BCUT2D eigenvalue weighted by atomic mass is 16.5. The highest BCUT2D eigenvalue weighted by molar-refractivity contribution is 6.06. The van der Waals surface area contributed by atoms with Gasteiger partial charge in [-0.05, 0) is 50.1 Å². The summed E-state index contributed by atoms with van der Waals surface area (Å²) < 4.78 is 13.4. The number of anilines is 2. The molecule has 2 N–H and O–H groups in total. The number of hydrogen-bond donors (Lipinski definition) is 2. The molecule has 4 rings (SSSR count). The molecule has 2 heterocycles. The molecule has 184 valence electrons. The molecule has 1 aliphatic rings. The number of aromatic nitrogens is 3. The molecule has 8 nitrogen and oxygen atoms in total. The fourth-order valence-electron chi connectivity index (χ4n) is 4.21. The van der Waals surface area contributed by atoms with E-state index in [-0.39, 0.29) is 5.91 Å². The van der Waals surface area contributed by atoms with Crippen molar-refractivity contribution in [3.05, 3.63) is 71.2 Å². The van der Waals surface area contributed by atoms with Crippen LogP contribution in [0, 0.1) is 6.92 Å².